The molecule has 0 aromatic heterocycles. The minimum atomic E-state index is -3.06. The van der Waals surface area contributed by atoms with Crippen molar-refractivity contribution in [1.29, 1.82) is 0 Å². The number of methoxy groups -OCH3 is 1. The van der Waals surface area contributed by atoms with Crippen molar-refractivity contribution >= 4 is 38.4 Å². The molecule has 8 heteroatoms. The summed E-state index contributed by atoms with van der Waals surface area (Å²) in [6.45, 7) is 0. The van der Waals surface area contributed by atoms with E-state index in [4.69, 9.17) is 4.74 Å². The summed E-state index contributed by atoms with van der Waals surface area (Å²) < 4.78 is 29.5. The Morgan fingerprint density at radius 2 is 1.93 bits per heavy atom. The number of nitrogens with zero attached hydrogens (tertiary/aromatic N) is 2. The van der Waals surface area contributed by atoms with Gasteiger partial charge in [0, 0.05) is 17.4 Å². The Kier molecular flexibility index (Phi) is 5.69. The molecule has 1 aromatic rings. The molecule has 0 N–H and O–H groups in total. The molecule has 3 fully saturated rings. The molecule has 4 rings (SSSR count). The zero-order valence-electron chi connectivity index (χ0n) is 16.0. The lowest BCUT2D eigenvalue weighted by molar-refractivity contribution is -0.118. The third-order valence-electron chi connectivity index (χ3n) is 5.88. The fourth-order valence-corrected chi connectivity index (χ4v) is 8.33. The van der Waals surface area contributed by atoms with E-state index >= 15 is 0 Å². The lowest BCUT2D eigenvalue weighted by atomic mass is 10.0. The van der Waals surface area contributed by atoms with Gasteiger partial charge in [-0.2, -0.15) is 4.99 Å². The van der Waals surface area contributed by atoms with Gasteiger partial charge < -0.3 is 9.64 Å². The van der Waals surface area contributed by atoms with Crippen molar-refractivity contribution in [2.24, 2.45) is 10.9 Å². The molecule has 28 heavy (non-hydrogen) atoms. The Morgan fingerprint density at radius 1 is 1.21 bits per heavy atom. The summed E-state index contributed by atoms with van der Waals surface area (Å²) in [5.74, 6) is 1.53. The molecule has 1 aromatic carbocycles. The number of amidine groups is 1. The van der Waals surface area contributed by atoms with E-state index in [9.17, 15) is 13.2 Å². The number of thioether (sulfide) groups is 1. The van der Waals surface area contributed by atoms with Gasteiger partial charge in [0.25, 0.3) is 0 Å². The fourth-order valence-electron chi connectivity index (χ4n) is 4.40. The number of sulfone groups is 1. The van der Waals surface area contributed by atoms with Gasteiger partial charge in [-0.3, -0.25) is 4.79 Å². The minimum Gasteiger partial charge on any atom is -0.497 e. The fraction of sp³-hybridized carbons (Fsp3) is 0.600. The number of benzene rings is 1. The third kappa shape index (κ3) is 4.22. The molecule has 3 aliphatic rings. The molecule has 6 nitrogen and oxygen atoms in total. The zero-order valence-corrected chi connectivity index (χ0v) is 17.7. The van der Waals surface area contributed by atoms with Gasteiger partial charge in [0.1, 0.15) is 5.75 Å². The van der Waals surface area contributed by atoms with Gasteiger partial charge >= 0.3 is 0 Å². The predicted molar refractivity (Wildman–Crippen MR) is 113 cm³/mol. The number of hydrogen-bond donors (Lipinski definition) is 0. The average molecular weight is 423 g/mol. The number of fused-ring (bicyclic) bond motifs is 1. The topological polar surface area (TPSA) is 76.0 Å². The van der Waals surface area contributed by atoms with Crippen LogP contribution in [0.15, 0.2) is 29.3 Å². The normalized spacial score (nSPS) is 28.0. The molecule has 0 bridgehead atoms. The highest BCUT2D eigenvalue weighted by atomic mass is 32.2. The third-order valence-corrected chi connectivity index (χ3v) is 9.09. The second-order valence-electron chi connectivity index (χ2n) is 7.85. The van der Waals surface area contributed by atoms with Crippen LogP contribution in [-0.2, 0) is 14.6 Å². The monoisotopic (exact) mass is 422 g/mol. The first-order valence-corrected chi connectivity index (χ1v) is 12.6. The van der Waals surface area contributed by atoms with Crippen LogP contribution in [0.25, 0.3) is 0 Å². The summed E-state index contributed by atoms with van der Waals surface area (Å²) in [5, 5.41) is 0.556. The summed E-state index contributed by atoms with van der Waals surface area (Å²) in [5.41, 5.74) is 0.847. The SMILES string of the molecule is COc1ccc(N2C(=NC(=O)CCC3CCCC3)S[C@@H]3CS(=O)(=O)C[C@H]32)cc1. The first-order chi connectivity index (χ1) is 13.4. The van der Waals surface area contributed by atoms with Crippen molar-refractivity contribution in [3.05, 3.63) is 24.3 Å². The van der Waals surface area contributed by atoms with Crippen molar-refractivity contribution < 1.29 is 17.9 Å². The number of ether oxygens (including phenoxy) is 1. The maximum atomic E-state index is 12.5. The molecule has 0 spiro atoms. The van der Waals surface area contributed by atoms with Crippen molar-refractivity contribution in [3.8, 4) is 5.75 Å². The molecule has 2 saturated heterocycles. The average Bonchev–Trinajstić information content (AvgIpc) is 3.35. The van der Waals surface area contributed by atoms with E-state index in [0.29, 0.717) is 17.5 Å². The van der Waals surface area contributed by atoms with Crippen molar-refractivity contribution in [2.75, 3.05) is 23.5 Å². The van der Waals surface area contributed by atoms with Crippen LogP contribution in [0.5, 0.6) is 5.75 Å². The van der Waals surface area contributed by atoms with Gasteiger partial charge in [-0.15, -0.1) is 0 Å². The molecule has 1 aliphatic carbocycles. The van der Waals surface area contributed by atoms with Crippen molar-refractivity contribution in [3.63, 3.8) is 0 Å². The summed E-state index contributed by atoms with van der Waals surface area (Å²) in [4.78, 5) is 18.9. The van der Waals surface area contributed by atoms with Crippen molar-refractivity contribution in [1.82, 2.24) is 0 Å². The maximum absolute atomic E-state index is 12.5. The highest BCUT2D eigenvalue weighted by molar-refractivity contribution is 8.16. The van der Waals surface area contributed by atoms with Crippen LogP contribution in [0, 0.1) is 5.92 Å². The highest BCUT2D eigenvalue weighted by Crippen LogP contribution is 2.41. The quantitative estimate of drug-likeness (QED) is 0.725. The van der Waals surface area contributed by atoms with E-state index in [1.165, 1.54) is 37.4 Å². The molecular formula is C20H26N2O4S2. The number of hydrogen-bond acceptors (Lipinski definition) is 5. The molecule has 2 aliphatic heterocycles. The first-order valence-electron chi connectivity index (χ1n) is 9.87. The van der Waals surface area contributed by atoms with Gasteiger partial charge in [0.15, 0.2) is 15.0 Å². The summed E-state index contributed by atoms with van der Waals surface area (Å²) in [6, 6.07) is 7.30. The van der Waals surface area contributed by atoms with E-state index in [1.807, 2.05) is 29.2 Å². The number of carbonyl (C=O) groups excluding carboxylic acids is 1. The zero-order chi connectivity index (χ0) is 19.7. The van der Waals surface area contributed by atoms with Gasteiger partial charge in [-0.05, 0) is 36.6 Å². The van der Waals surface area contributed by atoms with E-state index < -0.39 is 9.84 Å². The Hall–Kier alpha value is -1.54. The van der Waals surface area contributed by atoms with Gasteiger partial charge in [-0.1, -0.05) is 37.4 Å². The largest absolute Gasteiger partial charge is 0.497 e. The molecule has 1 amide bonds. The molecule has 2 heterocycles. The number of amides is 1. The number of carbonyl (C=O) groups is 1. The van der Waals surface area contributed by atoms with Crippen LogP contribution in [-0.4, -0.2) is 49.4 Å². The standard InChI is InChI=1S/C20H26N2O4S2/c1-26-16-9-7-15(8-10-16)22-17-12-28(24,25)13-18(17)27-20(22)21-19(23)11-6-14-4-2-3-5-14/h7-10,14,17-18H,2-6,11-13H2,1H3/t17-,18-/m1/s1. The highest BCUT2D eigenvalue weighted by Gasteiger charge is 2.49. The second kappa shape index (κ2) is 8.06. The second-order valence-corrected chi connectivity index (χ2v) is 11.2. The summed E-state index contributed by atoms with van der Waals surface area (Å²) >= 11 is 1.43. The first kappa shape index (κ1) is 19.8. The van der Waals surface area contributed by atoms with E-state index in [1.54, 1.807) is 7.11 Å². The van der Waals surface area contributed by atoms with Gasteiger partial charge in [0.2, 0.25) is 5.91 Å². The lowest BCUT2D eigenvalue weighted by Crippen LogP contribution is -2.37. The van der Waals surface area contributed by atoms with Crippen LogP contribution in [0.3, 0.4) is 0 Å². The molecule has 2 atom stereocenters. The van der Waals surface area contributed by atoms with Crippen LogP contribution in [0.1, 0.15) is 38.5 Å². The van der Waals surface area contributed by atoms with Crippen molar-refractivity contribution in [2.45, 2.75) is 49.8 Å². The van der Waals surface area contributed by atoms with Crippen LogP contribution < -0.4 is 9.64 Å². The number of aliphatic imine (C=N–C) groups is 1. The smallest absolute Gasteiger partial charge is 0.248 e. The van der Waals surface area contributed by atoms with Crippen LogP contribution >= 0.6 is 11.8 Å². The minimum absolute atomic E-state index is 0.0755. The van der Waals surface area contributed by atoms with Crippen LogP contribution in [0.4, 0.5) is 5.69 Å². The van der Waals surface area contributed by atoms with Gasteiger partial charge in [0.05, 0.1) is 24.7 Å². The molecule has 1 saturated carbocycles. The Bertz CT molecular complexity index is 861. The summed E-state index contributed by atoms with van der Waals surface area (Å²) in [7, 11) is -1.45. The molecular weight excluding hydrogens is 396 g/mol. The predicted octanol–water partition coefficient (Wildman–Crippen LogP) is 3.27. The Morgan fingerprint density at radius 3 is 2.61 bits per heavy atom. The maximum Gasteiger partial charge on any atom is 0.248 e. The van der Waals surface area contributed by atoms with Gasteiger partial charge in [-0.25, -0.2) is 8.42 Å². The molecule has 0 unspecified atom stereocenters. The molecule has 152 valence electrons. The molecule has 0 radical (unpaired) electrons. The lowest BCUT2D eigenvalue weighted by Gasteiger charge is -2.24. The Balaban J connectivity index is 1.54. The van der Waals surface area contributed by atoms with E-state index in [0.717, 1.165) is 17.9 Å². The number of rotatable bonds is 5. The Labute approximate surface area is 170 Å². The van der Waals surface area contributed by atoms with E-state index in [2.05, 4.69) is 4.99 Å². The number of anilines is 1. The van der Waals surface area contributed by atoms with Crippen LogP contribution in [0.2, 0.25) is 0 Å². The van der Waals surface area contributed by atoms with E-state index in [-0.39, 0.29) is 28.7 Å². The summed E-state index contributed by atoms with van der Waals surface area (Å²) in [6.07, 6.45) is 6.36.